The molecular formula is C21H23FN2OS3. The van der Waals surface area contributed by atoms with Gasteiger partial charge in [-0.1, -0.05) is 17.4 Å². The number of fused-ring (bicyclic) bond motifs is 1. The fourth-order valence-electron chi connectivity index (χ4n) is 2.95. The minimum absolute atomic E-state index is 0.117. The van der Waals surface area contributed by atoms with Crippen LogP contribution in [0.3, 0.4) is 0 Å². The Hall–Kier alpha value is -1.57. The second-order valence-electron chi connectivity index (χ2n) is 6.52. The van der Waals surface area contributed by atoms with E-state index < -0.39 is 0 Å². The number of nitrogens with zero attached hydrogens (tertiary/aromatic N) is 2. The minimum Gasteiger partial charge on any atom is -0.315 e. The molecule has 0 aliphatic heterocycles. The molecule has 0 bridgehead atoms. The molecule has 3 rings (SSSR count). The van der Waals surface area contributed by atoms with E-state index in [2.05, 4.69) is 41.8 Å². The van der Waals surface area contributed by atoms with E-state index in [-0.39, 0.29) is 11.7 Å². The Balaban J connectivity index is 1.80. The third-order valence-electron chi connectivity index (χ3n) is 4.25. The predicted octanol–water partition coefficient (Wildman–Crippen LogP) is 5.43. The van der Waals surface area contributed by atoms with Crippen LogP contribution in [0, 0.1) is 19.7 Å². The van der Waals surface area contributed by atoms with Gasteiger partial charge in [-0.3, -0.25) is 4.79 Å². The highest BCUT2D eigenvalue weighted by Gasteiger charge is 2.10. The van der Waals surface area contributed by atoms with Gasteiger partial charge in [0.05, 0.1) is 10.2 Å². The lowest BCUT2D eigenvalue weighted by Gasteiger charge is -2.05. The highest BCUT2D eigenvalue weighted by atomic mass is 32.2. The maximum Gasteiger partial charge on any atom is 0.249 e. The summed E-state index contributed by atoms with van der Waals surface area (Å²) < 4.78 is 16.3. The van der Waals surface area contributed by atoms with Crippen LogP contribution in [0.1, 0.15) is 17.5 Å². The number of aryl methyl sites for hydroxylation is 3. The number of carbonyl (C=O) groups is 1. The Morgan fingerprint density at radius 1 is 1.18 bits per heavy atom. The minimum atomic E-state index is -0.250. The van der Waals surface area contributed by atoms with Crippen LogP contribution in [0.2, 0.25) is 0 Å². The smallest absolute Gasteiger partial charge is 0.249 e. The maximum atomic E-state index is 13.0. The molecule has 0 unspecified atom stereocenters. The number of halogens is 1. The van der Waals surface area contributed by atoms with Crippen molar-refractivity contribution in [3.05, 3.63) is 58.1 Å². The molecule has 0 fully saturated rings. The van der Waals surface area contributed by atoms with Crippen LogP contribution in [-0.4, -0.2) is 28.2 Å². The molecule has 1 amide bonds. The molecule has 7 heteroatoms. The highest BCUT2D eigenvalue weighted by molar-refractivity contribution is 7.99. The molecule has 0 aliphatic carbocycles. The topological polar surface area (TPSA) is 34.4 Å². The van der Waals surface area contributed by atoms with E-state index in [0.29, 0.717) is 12.2 Å². The predicted molar refractivity (Wildman–Crippen MR) is 120 cm³/mol. The first-order valence-electron chi connectivity index (χ1n) is 9.03. The molecule has 0 atom stereocenters. The molecule has 1 aromatic heterocycles. The molecule has 0 spiro atoms. The second-order valence-corrected chi connectivity index (χ2v) is 9.65. The third kappa shape index (κ3) is 5.27. The number of hydrogen-bond acceptors (Lipinski definition) is 4. The van der Waals surface area contributed by atoms with Crippen molar-refractivity contribution in [3.63, 3.8) is 0 Å². The zero-order valence-corrected chi connectivity index (χ0v) is 18.6. The van der Waals surface area contributed by atoms with Crippen LogP contribution >= 0.6 is 34.9 Å². The molecule has 0 N–H and O–H groups in total. The van der Waals surface area contributed by atoms with Gasteiger partial charge in [-0.15, -0.1) is 11.8 Å². The molecule has 2 aromatic carbocycles. The summed E-state index contributed by atoms with van der Waals surface area (Å²) in [5.41, 5.74) is 3.59. The molecular weight excluding hydrogens is 411 g/mol. The Bertz CT molecular complexity index is 1040. The van der Waals surface area contributed by atoms with E-state index in [0.717, 1.165) is 27.5 Å². The van der Waals surface area contributed by atoms with E-state index in [1.165, 1.54) is 28.0 Å². The summed E-state index contributed by atoms with van der Waals surface area (Å²) >= 11 is 4.91. The summed E-state index contributed by atoms with van der Waals surface area (Å²) in [4.78, 5) is 18.6. The van der Waals surface area contributed by atoms with Gasteiger partial charge >= 0.3 is 0 Å². The number of rotatable bonds is 7. The SMILES string of the molecule is CSCCn1c(=NC(=O)CCSc2ccc(F)cc2)sc2c(C)cc(C)cc21. The number of thioether (sulfide) groups is 2. The van der Waals surface area contributed by atoms with Gasteiger partial charge in [0.1, 0.15) is 5.82 Å². The average molecular weight is 435 g/mol. The van der Waals surface area contributed by atoms with Crippen LogP contribution in [0.5, 0.6) is 0 Å². The van der Waals surface area contributed by atoms with Crippen molar-refractivity contribution in [3.8, 4) is 0 Å². The summed E-state index contributed by atoms with van der Waals surface area (Å²) in [7, 11) is 0. The molecule has 1 heterocycles. The summed E-state index contributed by atoms with van der Waals surface area (Å²) in [5.74, 6) is 1.23. The standard InChI is InChI=1S/C21H23FN2OS3/c1-14-12-15(2)20-18(13-14)24(9-11-26-3)21(28-20)23-19(25)8-10-27-17-6-4-16(22)5-7-17/h4-7,12-13H,8-11H2,1-3H3. The molecule has 0 saturated heterocycles. The molecule has 0 saturated carbocycles. The van der Waals surface area contributed by atoms with E-state index in [9.17, 15) is 9.18 Å². The van der Waals surface area contributed by atoms with Gasteiger partial charge in [-0.05, 0) is 61.6 Å². The average Bonchev–Trinajstić information content (AvgIpc) is 2.99. The maximum absolute atomic E-state index is 13.0. The van der Waals surface area contributed by atoms with Crippen molar-refractivity contribution in [1.82, 2.24) is 4.57 Å². The van der Waals surface area contributed by atoms with Crippen molar-refractivity contribution in [2.45, 2.75) is 31.7 Å². The van der Waals surface area contributed by atoms with Crippen molar-refractivity contribution >= 4 is 51.0 Å². The van der Waals surface area contributed by atoms with Gasteiger partial charge in [0.2, 0.25) is 5.91 Å². The number of aromatic nitrogens is 1. The van der Waals surface area contributed by atoms with Gasteiger partial charge in [0, 0.05) is 29.4 Å². The van der Waals surface area contributed by atoms with E-state index in [1.807, 2.05) is 0 Å². The summed E-state index contributed by atoms with van der Waals surface area (Å²) in [6.07, 6.45) is 2.44. The third-order valence-corrected chi connectivity index (χ3v) is 7.09. The fraction of sp³-hybridized carbons (Fsp3) is 0.333. The van der Waals surface area contributed by atoms with Gasteiger partial charge in [-0.2, -0.15) is 16.8 Å². The Morgan fingerprint density at radius 3 is 2.64 bits per heavy atom. The van der Waals surface area contributed by atoms with Crippen molar-refractivity contribution in [1.29, 1.82) is 0 Å². The molecule has 0 radical (unpaired) electrons. The second kappa shape index (κ2) is 9.76. The van der Waals surface area contributed by atoms with Crippen molar-refractivity contribution in [2.75, 3.05) is 17.8 Å². The van der Waals surface area contributed by atoms with Crippen LogP contribution in [0.25, 0.3) is 10.2 Å². The molecule has 3 nitrogen and oxygen atoms in total. The zero-order valence-electron chi connectivity index (χ0n) is 16.2. The van der Waals surface area contributed by atoms with Gasteiger partial charge < -0.3 is 4.57 Å². The molecule has 0 aliphatic rings. The van der Waals surface area contributed by atoms with Crippen LogP contribution in [0.4, 0.5) is 4.39 Å². The monoisotopic (exact) mass is 434 g/mol. The Morgan fingerprint density at radius 2 is 1.93 bits per heavy atom. The van der Waals surface area contributed by atoms with Crippen LogP contribution in [0.15, 0.2) is 46.3 Å². The van der Waals surface area contributed by atoms with Gasteiger partial charge in [-0.25, -0.2) is 4.39 Å². The van der Waals surface area contributed by atoms with Crippen molar-refractivity contribution < 1.29 is 9.18 Å². The number of amides is 1. The van der Waals surface area contributed by atoms with Gasteiger partial charge in [0.25, 0.3) is 0 Å². The van der Waals surface area contributed by atoms with E-state index in [4.69, 9.17) is 0 Å². The van der Waals surface area contributed by atoms with E-state index >= 15 is 0 Å². The largest absolute Gasteiger partial charge is 0.315 e. The molecule has 28 heavy (non-hydrogen) atoms. The highest BCUT2D eigenvalue weighted by Crippen LogP contribution is 2.24. The summed E-state index contributed by atoms with van der Waals surface area (Å²) in [6, 6.07) is 10.7. The van der Waals surface area contributed by atoms with Crippen LogP contribution in [-0.2, 0) is 11.3 Å². The lowest BCUT2D eigenvalue weighted by molar-refractivity contribution is -0.117. The number of carbonyl (C=O) groups excluding carboxylic acids is 1. The number of benzene rings is 2. The van der Waals surface area contributed by atoms with Crippen LogP contribution < -0.4 is 4.80 Å². The Kier molecular flexibility index (Phi) is 7.37. The summed E-state index contributed by atoms with van der Waals surface area (Å²) in [6.45, 7) is 5.04. The Labute approximate surface area is 177 Å². The first kappa shape index (κ1) is 21.1. The zero-order chi connectivity index (χ0) is 20.1. The quantitative estimate of drug-likeness (QED) is 0.465. The normalized spacial score (nSPS) is 12.1. The van der Waals surface area contributed by atoms with E-state index in [1.54, 1.807) is 47.0 Å². The lowest BCUT2D eigenvalue weighted by atomic mass is 10.1. The summed E-state index contributed by atoms with van der Waals surface area (Å²) in [5, 5.41) is 0. The lowest BCUT2D eigenvalue weighted by Crippen LogP contribution is -2.18. The molecule has 148 valence electrons. The fourth-order valence-corrected chi connectivity index (χ4v) is 5.28. The van der Waals surface area contributed by atoms with Crippen molar-refractivity contribution in [2.24, 2.45) is 4.99 Å². The molecule has 3 aromatic rings. The van der Waals surface area contributed by atoms with Gasteiger partial charge in [0.15, 0.2) is 4.80 Å². The first-order chi connectivity index (χ1) is 13.5. The first-order valence-corrected chi connectivity index (χ1v) is 12.2. The number of thiazole rings is 1. The number of hydrogen-bond donors (Lipinski definition) is 0.